The Morgan fingerprint density at radius 3 is 2.81 bits per heavy atom. The number of methoxy groups -OCH3 is 1. The number of aryl methyl sites for hydroxylation is 1. The molecule has 232 valence electrons. The highest BCUT2D eigenvalue weighted by atomic mass is 19.3. The molecular weight excluding hydrogens is 556 g/mol. The molecule has 3 fully saturated rings. The van der Waals surface area contributed by atoms with Gasteiger partial charge in [0.25, 0.3) is 6.43 Å². The fourth-order valence-electron chi connectivity index (χ4n) is 8.11. The van der Waals surface area contributed by atoms with Crippen molar-refractivity contribution in [1.82, 2.24) is 24.6 Å². The molecule has 4 atom stereocenters. The topological polar surface area (TPSA) is 79.2 Å². The molecule has 7 rings (SSSR count). The average molecular weight is 598 g/mol. The molecule has 3 saturated heterocycles. The number of halogens is 2. The van der Waals surface area contributed by atoms with E-state index >= 15 is 0 Å². The van der Waals surface area contributed by atoms with E-state index in [1.54, 1.807) is 7.11 Å². The van der Waals surface area contributed by atoms with Crippen LogP contribution in [0.4, 0.5) is 20.3 Å². The smallest absolute Gasteiger partial charge is 0.280 e. The van der Waals surface area contributed by atoms with E-state index in [1.165, 1.54) is 6.08 Å². The van der Waals surface area contributed by atoms with Gasteiger partial charge in [-0.3, -0.25) is 14.4 Å². The van der Waals surface area contributed by atoms with E-state index in [0.717, 1.165) is 55.8 Å². The van der Waals surface area contributed by atoms with Crippen LogP contribution in [0.15, 0.2) is 24.9 Å². The molecule has 0 N–H and O–H groups in total. The van der Waals surface area contributed by atoms with Gasteiger partial charge < -0.3 is 24.2 Å². The van der Waals surface area contributed by atoms with E-state index in [2.05, 4.69) is 44.4 Å². The molecule has 0 aliphatic carbocycles. The lowest BCUT2D eigenvalue weighted by atomic mass is 9.90. The maximum Gasteiger partial charge on any atom is 0.280 e. The van der Waals surface area contributed by atoms with Crippen molar-refractivity contribution in [2.75, 3.05) is 75.9 Å². The number of nitrogens with zero attached hydrogens (tertiary/aromatic N) is 7. The Balaban J connectivity index is 1.14. The molecule has 5 aliphatic heterocycles. The molecule has 12 heteroatoms. The minimum Gasteiger partial charge on any atom is -0.382 e. The lowest BCUT2D eigenvalue weighted by Gasteiger charge is -2.55. The molecule has 5 aliphatic rings. The van der Waals surface area contributed by atoms with Crippen molar-refractivity contribution >= 4 is 17.4 Å². The molecule has 0 radical (unpaired) electrons. The van der Waals surface area contributed by atoms with E-state index in [1.807, 2.05) is 15.8 Å². The van der Waals surface area contributed by atoms with Crippen molar-refractivity contribution in [3.63, 3.8) is 0 Å². The molecule has 0 bridgehead atoms. The number of hydrogen-bond acceptors (Lipinski definition) is 8. The summed E-state index contributed by atoms with van der Waals surface area (Å²) in [4.78, 5) is 25.5. The lowest BCUT2D eigenvalue weighted by molar-refractivity contribution is -0.128. The fraction of sp³-hybridized carbons (Fsp3) is 0.645. The van der Waals surface area contributed by atoms with Crippen molar-refractivity contribution < 1.29 is 23.0 Å². The number of piperazine rings is 1. The number of rotatable bonds is 6. The summed E-state index contributed by atoms with van der Waals surface area (Å²) in [5.74, 6) is 0.576. The molecule has 0 saturated carbocycles. The van der Waals surface area contributed by atoms with Crippen LogP contribution in [0.2, 0.25) is 0 Å². The van der Waals surface area contributed by atoms with Gasteiger partial charge >= 0.3 is 0 Å². The quantitative estimate of drug-likeness (QED) is 0.471. The second-order valence-electron chi connectivity index (χ2n) is 12.6. The minimum atomic E-state index is -2.64. The number of aromatic nitrogens is 3. The first-order valence-electron chi connectivity index (χ1n) is 15.5. The summed E-state index contributed by atoms with van der Waals surface area (Å²) in [6, 6.07) is 2.68. The number of alkyl halides is 2. The van der Waals surface area contributed by atoms with Gasteiger partial charge in [0.05, 0.1) is 37.7 Å². The van der Waals surface area contributed by atoms with Crippen LogP contribution < -0.4 is 9.80 Å². The summed E-state index contributed by atoms with van der Waals surface area (Å²) < 4.78 is 43.2. The Hall–Kier alpha value is -3.09. The first kappa shape index (κ1) is 28.7. The van der Waals surface area contributed by atoms with Gasteiger partial charge in [-0.1, -0.05) is 6.58 Å². The van der Waals surface area contributed by atoms with Gasteiger partial charge in [-0.05, 0) is 37.8 Å². The summed E-state index contributed by atoms with van der Waals surface area (Å²) in [5.41, 5.74) is 3.07. The normalized spacial score (nSPS) is 28.9. The highest BCUT2D eigenvalue weighted by molar-refractivity contribution is 5.87. The number of hydrogen-bond donors (Lipinski definition) is 0. The zero-order valence-corrected chi connectivity index (χ0v) is 25.1. The predicted octanol–water partition coefficient (Wildman–Crippen LogP) is 3.07. The van der Waals surface area contributed by atoms with Gasteiger partial charge in [-0.25, -0.2) is 13.8 Å². The van der Waals surface area contributed by atoms with Crippen LogP contribution in [-0.4, -0.2) is 109 Å². The SMILES string of the molecule is C=CC(=O)N1CCN(C2CN3c4cc(N5CCC6(C5)OCC(COC)n5ncc(C)c56)nc(C(F)F)c4CCCC23)CC1. The number of carbonyl (C=O) groups is 1. The molecule has 2 aromatic rings. The number of amides is 1. The van der Waals surface area contributed by atoms with Gasteiger partial charge in [0, 0.05) is 82.2 Å². The van der Waals surface area contributed by atoms with E-state index in [-0.39, 0.29) is 23.7 Å². The summed E-state index contributed by atoms with van der Waals surface area (Å²) in [6.07, 6.45) is 3.77. The molecule has 2 aromatic heterocycles. The number of fused-ring (bicyclic) bond motifs is 5. The van der Waals surface area contributed by atoms with Gasteiger partial charge in [0.1, 0.15) is 17.1 Å². The Labute approximate surface area is 251 Å². The summed E-state index contributed by atoms with van der Waals surface area (Å²) in [7, 11) is 1.68. The Bertz CT molecular complexity index is 1390. The minimum absolute atomic E-state index is 0.00572. The van der Waals surface area contributed by atoms with E-state index in [0.29, 0.717) is 63.2 Å². The van der Waals surface area contributed by atoms with Crippen LogP contribution in [0.5, 0.6) is 0 Å². The van der Waals surface area contributed by atoms with Crippen LogP contribution in [0.25, 0.3) is 0 Å². The van der Waals surface area contributed by atoms with Gasteiger partial charge in [-0.15, -0.1) is 0 Å². The van der Waals surface area contributed by atoms with Crippen LogP contribution in [0, 0.1) is 6.92 Å². The van der Waals surface area contributed by atoms with Crippen molar-refractivity contribution in [2.45, 2.75) is 62.8 Å². The molecule has 43 heavy (non-hydrogen) atoms. The number of pyridine rings is 1. The van der Waals surface area contributed by atoms with E-state index in [9.17, 15) is 13.6 Å². The van der Waals surface area contributed by atoms with E-state index < -0.39 is 12.0 Å². The van der Waals surface area contributed by atoms with Gasteiger partial charge in [0.15, 0.2) is 0 Å². The molecule has 1 spiro atoms. The zero-order chi connectivity index (χ0) is 29.9. The summed E-state index contributed by atoms with van der Waals surface area (Å²) in [5, 5.41) is 4.66. The number of ether oxygens (including phenoxy) is 2. The van der Waals surface area contributed by atoms with E-state index in [4.69, 9.17) is 9.47 Å². The van der Waals surface area contributed by atoms with Crippen molar-refractivity contribution in [3.05, 3.63) is 47.4 Å². The van der Waals surface area contributed by atoms with Crippen LogP contribution in [-0.2, 0) is 26.3 Å². The third kappa shape index (κ3) is 4.73. The van der Waals surface area contributed by atoms with Crippen molar-refractivity contribution in [1.29, 1.82) is 0 Å². The van der Waals surface area contributed by atoms with Crippen LogP contribution >= 0.6 is 0 Å². The second kappa shape index (κ2) is 11.1. The fourth-order valence-corrected chi connectivity index (χ4v) is 8.11. The third-order valence-electron chi connectivity index (χ3n) is 10.3. The highest BCUT2D eigenvalue weighted by Gasteiger charge is 2.50. The van der Waals surface area contributed by atoms with Crippen LogP contribution in [0.3, 0.4) is 0 Å². The zero-order valence-electron chi connectivity index (χ0n) is 25.1. The standard InChI is InChI=1S/C31H41F2N7O3/c1-4-27(41)37-12-10-36(11-13-37)25-16-39-23(25)7-5-6-22-24(39)14-26(35-28(22)30(32)33)38-9-8-31(19-38)29-20(2)15-34-40(29)21(17-42-3)18-43-31/h4,14-15,21,23,25,30H,1,5-13,16-19H2,2-3H3. The molecule has 1 amide bonds. The first-order chi connectivity index (χ1) is 20.8. The summed E-state index contributed by atoms with van der Waals surface area (Å²) >= 11 is 0. The molecule has 10 nitrogen and oxygen atoms in total. The Morgan fingerprint density at radius 2 is 2.07 bits per heavy atom. The van der Waals surface area contributed by atoms with Crippen molar-refractivity contribution in [2.24, 2.45) is 0 Å². The van der Waals surface area contributed by atoms with Gasteiger partial charge in [0.2, 0.25) is 5.91 Å². The highest BCUT2D eigenvalue weighted by Crippen LogP contribution is 2.46. The maximum atomic E-state index is 14.6. The predicted molar refractivity (Wildman–Crippen MR) is 158 cm³/mol. The van der Waals surface area contributed by atoms with Crippen molar-refractivity contribution in [3.8, 4) is 0 Å². The number of carbonyl (C=O) groups excluding carboxylic acids is 1. The largest absolute Gasteiger partial charge is 0.382 e. The second-order valence-corrected chi connectivity index (χ2v) is 12.6. The maximum absolute atomic E-state index is 14.6. The monoisotopic (exact) mass is 597 g/mol. The third-order valence-corrected chi connectivity index (χ3v) is 10.3. The lowest BCUT2D eigenvalue weighted by Crippen LogP contribution is -2.69. The molecule has 0 aromatic carbocycles. The molecule has 7 heterocycles. The molecule has 4 unspecified atom stereocenters. The first-order valence-corrected chi connectivity index (χ1v) is 15.5. The van der Waals surface area contributed by atoms with Crippen LogP contribution in [0.1, 0.15) is 54.2 Å². The Kier molecular flexibility index (Phi) is 7.41. The summed E-state index contributed by atoms with van der Waals surface area (Å²) in [6.45, 7) is 11.7. The molecular formula is C31H41F2N7O3. The van der Waals surface area contributed by atoms with Gasteiger partial charge in [-0.2, -0.15) is 5.10 Å². The Morgan fingerprint density at radius 1 is 1.26 bits per heavy atom. The number of anilines is 2. The average Bonchev–Trinajstić information content (AvgIpc) is 3.57.